The Balaban J connectivity index is 2.29. The van der Waals surface area contributed by atoms with Gasteiger partial charge in [-0.3, -0.25) is 20.2 Å². The van der Waals surface area contributed by atoms with Crippen molar-refractivity contribution in [3.8, 4) is 0 Å². The number of carbonyl (C=O) groups excluding carboxylic acids is 1. The molecule has 0 saturated carbocycles. The molecule has 1 saturated heterocycles. The number of hydrogen-bond acceptors (Lipinski definition) is 4. The van der Waals surface area contributed by atoms with Gasteiger partial charge in [0.25, 0.3) is 5.69 Å². The summed E-state index contributed by atoms with van der Waals surface area (Å²) in [5.41, 5.74) is 0.821. The predicted octanol–water partition coefficient (Wildman–Crippen LogP) is 2.60. The number of nitrogens with one attached hydrogen (secondary N) is 1. The first-order valence-corrected chi connectivity index (χ1v) is 7.39. The molecule has 1 N–H and O–H groups in total. The highest BCUT2D eigenvalue weighted by Gasteiger charge is 2.38. The van der Waals surface area contributed by atoms with Crippen molar-refractivity contribution < 1.29 is 9.72 Å². The van der Waals surface area contributed by atoms with Crippen molar-refractivity contribution in [1.29, 1.82) is 0 Å². The predicted molar refractivity (Wildman–Crippen MR) is 79.7 cm³/mol. The van der Waals surface area contributed by atoms with Crippen molar-refractivity contribution in [2.75, 3.05) is 6.54 Å². The van der Waals surface area contributed by atoms with Crippen LogP contribution < -0.4 is 5.32 Å². The second-order valence-electron chi connectivity index (χ2n) is 5.29. The van der Waals surface area contributed by atoms with Crippen LogP contribution in [0, 0.1) is 10.1 Å². The normalized spacial score (nSPS) is 21.8. The lowest BCUT2D eigenvalue weighted by molar-refractivity contribution is -0.385. The molecule has 1 fully saturated rings. The zero-order valence-corrected chi connectivity index (χ0v) is 12.4. The molecule has 0 spiro atoms. The molecule has 6 nitrogen and oxygen atoms in total. The lowest BCUT2D eigenvalue weighted by atomic mass is 10.1. The van der Waals surface area contributed by atoms with Gasteiger partial charge in [-0.2, -0.15) is 0 Å². The van der Waals surface area contributed by atoms with E-state index in [1.807, 2.05) is 19.9 Å². The van der Waals surface area contributed by atoms with Crippen molar-refractivity contribution in [1.82, 2.24) is 10.2 Å². The van der Waals surface area contributed by atoms with Crippen LogP contribution >= 0.6 is 0 Å². The van der Waals surface area contributed by atoms with Gasteiger partial charge in [-0.25, -0.2) is 0 Å². The minimum absolute atomic E-state index is 0.0529. The van der Waals surface area contributed by atoms with E-state index in [0.29, 0.717) is 6.54 Å². The average Bonchev–Trinajstić information content (AvgIpc) is 2.78. The van der Waals surface area contributed by atoms with Gasteiger partial charge in [0.15, 0.2) is 0 Å². The Kier molecular flexibility index (Phi) is 4.90. The minimum atomic E-state index is -0.409. The summed E-state index contributed by atoms with van der Waals surface area (Å²) in [6.45, 7) is 4.71. The number of carbonyl (C=O) groups is 1. The number of non-ortho nitro benzene ring substituents is 1. The molecule has 1 aliphatic rings. The molecule has 1 aliphatic heterocycles. The van der Waals surface area contributed by atoms with Crippen molar-refractivity contribution in [3.05, 3.63) is 39.9 Å². The molecule has 2 rings (SSSR count). The van der Waals surface area contributed by atoms with E-state index in [0.717, 1.165) is 24.8 Å². The van der Waals surface area contributed by atoms with Gasteiger partial charge in [-0.15, -0.1) is 0 Å². The Morgan fingerprint density at radius 1 is 1.33 bits per heavy atom. The van der Waals surface area contributed by atoms with Gasteiger partial charge in [0.2, 0.25) is 5.91 Å². The van der Waals surface area contributed by atoms with E-state index < -0.39 is 4.92 Å². The van der Waals surface area contributed by atoms with E-state index in [4.69, 9.17) is 0 Å². The molecule has 21 heavy (non-hydrogen) atoms. The molecule has 0 radical (unpaired) electrons. The molecular weight excluding hydrogens is 270 g/mol. The van der Waals surface area contributed by atoms with Crippen molar-refractivity contribution in [3.63, 3.8) is 0 Å². The van der Waals surface area contributed by atoms with Crippen LogP contribution in [0.3, 0.4) is 0 Å². The van der Waals surface area contributed by atoms with Crippen LogP contribution in [0.4, 0.5) is 5.69 Å². The van der Waals surface area contributed by atoms with Gasteiger partial charge < -0.3 is 4.90 Å². The van der Waals surface area contributed by atoms with Crippen LogP contribution in [-0.2, 0) is 4.79 Å². The van der Waals surface area contributed by atoms with E-state index in [1.165, 1.54) is 6.07 Å². The van der Waals surface area contributed by atoms with Crippen LogP contribution in [0.1, 0.15) is 44.8 Å². The summed E-state index contributed by atoms with van der Waals surface area (Å²) in [5, 5.41) is 14.2. The molecule has 0 aromatic heterocycles. The fourth-order valence-electron chi connectivity index (χ4n) is 2.74. The summed E-state index contributed by atoms with van der Waals surface area (Å²) in [4.78, 5) is 24.7. The molecule has 1 amide bonds. The van der Waals surface area contributed by atoms with Gasteiger partial charge >= 0.3 is 0 Å². The Morgan fingerprint density at radius 3 is 2.71 bits per heavy atom. The standard InChI is InChI=1S/C15H21N3O3/c1-3-6-13-15(19)17(9-4-2)14(16-13)11-7-5-8-12(10-11)18(20)21/h5,7-8,10,13-14,16H,3-4,6,9H2,1-2H3. The molecule has 0 aliphatic carbocycles. The zero-order chi connectivity index (χ0) is 15.4. The Hall–Kier alpha value is -1.95. The summed E-state index contributed by atoms with van der Waals surface area (Å²) in [6, 6.07) is 6.31. The zero-order valence-electron chi connectivity index (χ0n) is 12.4. The summed E-state index contributed by atoms with van der Waals surface area (Å²) in [5.74, 6) is 0.0928. The number of nitro benzene ring substituents is 1. The van der Waals surface area contributed by atoms with Gasteiger partial charge in [-0.1, -0.05) is 32.4 Å². The second kappa shape index (κ2) is 6.67. The minimum Gasteiger partial charge on any atom is -0.322 e. The first kappa shape index (κ1) is 15.4. The Labute approximate surface area is 124 Å². The lowest BCUT2D eigenvalue weighted by Gasteiger charge is -2.23. The molecule has 114 valence electrons. The van der Waals surface area contributed by atoms with Gasteiger partial charge in [-0.05, 0) is 18.4 Å². The van der Waals surface area contributed by atoms with Crippen molar-refractivity contribution in [2.45, 2.75) is 45.3 Å². The third-order valence-electron chi connectivity index (χ3n) is 3.69. The van der Waals surface area contributed by atoms with Crippen LogP contribution in [0.5, 0.6) is 0 Å². The highest BCUT2D eigenvalue weighted by molar-refractivity contribution is 5.84. The Morgan fingerprint density at radius 2 is 2.10 bits per heavy atom. The highest BCUT2D eigenvalue weighted by atomic mass is 16.6. The van der Waals surface area contributed by atoms with E-state index in [1.54, 1.807) is 17.0 Å². The van der Waals surface area contributed by atoms with Gasteiger partial charge in [0.05, 0.1) is 11.0 Å². The topological polar surface area (TPSA) is 75.5 Å². The average molecular weight is 291 g/mol. The summed E-state index contributed by atoms with van der Waals surface area (Å²) < 4.78 is 0. The highest BCUT2D eigenvalue weighted by Crippen LogP contribution is 2.29. The number of hydrogen-bond donors (Lipinski definition) is 1. The first-order chi connectivity index (χ1) is 10.1. The molecule has 1 aromatic carbocycles. The summed E-state index contributed by atoms with van der Waals surface area (Å²) >= 11 is 0. The van der Waals surface area contributed by atoms with Crippen LogP contribution in [0.15, 0.2) is 24.3 Å². The maximum Gasteiger partial charge on any atom is 0.269 e. The molecule has 6 heteroatoms. The maximum atomic E-state index is 12.4. The van der Waals surface area contributed by atoms with Crippen LogP contribution in [0.2, 0.25) is 0 Å². The van der Waals surface area contributed by atoms with Crippen LogP contribution in [-0.4, -0.2) is 28.3 Å². The Bertz CT molecular complexity index is 533. The largest absolute Gasteiger partial charge is 0.322 e. The number of amides is 1. The second-order valence-corrected chi connectivity index (χ2v) is 5.29. The summed E-state index contributed by atoms with van der Waals surface area (Å²) in [7, 11) is 0. The third-order valence-corrected chi connectivity index (χ3v) is 3.69. The molecule has 1 aromatic rings. The fourth-order valence-corrected chi connectivity index (χ4v) is 2.74. The van der Waals surface area contributed by atoms with Gasteiger partial charge in [0, 0.05) is 18.7 Å². The van der Waals surface area contributed by atoms with Gasteiger partial charge in [0.1, 0.15) is 6.17 Å². The SMILES string of the molecule is CCCC1NC(c2cccc([N+](=O)[O-])c2)N(CCC)C1=O. The molecule has 0 bridgehead atoms. The van der Waals surface area contributed by atoms with E-state index in [-0.39, 0.29) is 23.8 Å². The molecule has 2 unspecified atom stereocenters. The smallest absolute Gasteiger partial charge is 0.269 e. The van der Waals surface area contributed by atoms with Crippen molar-refractivity contribution >= 4 is 11.6 Å². The monoisotopic (exact) mass is 291 g/mol. The quantitative estimate of drug-likeness (QED) is 0.645. The molecule has 2 atom stereocenters. The van der Waals surface area contributed by atoms with Crippen LogP contribution in [0.25, 0.3) is 0 Å². The van der Waals surface area contributed by atoms with E-state index in [2.05, 4.69) is 5.32 Å². The van der Waals surface area contributed by atoms with E-state index >= 15 is 0 Å². The molecule has 1 heterocycles. The third kappa shape index (κ3) is 3.21. The van der Waals surface area contributed by atoms with E-state index in [9.17, 15) is 14.9 Å². The lowest BCUT2D eigenvalue weighted by Crippen LogP contribution is -2.31. The molecular formula is C15H21N3O3. The number of nitrogens with zero attached hydrogens (tertiary/aromatic N) is 2. The fraction of sp³-hybridized carbons (Fsp3) is 0.533. The summed E-state index contributed by atoms with van der Waals surface area (Å²) in [6.07, 6.45) is 2.29. The first-order valence-electron chi connectivity index (χ1n) is 7.39. The van der Waals surface area contributed by atoms with Crippen molar-refractivity contribution in [2.24, 2.45) is 0 Å². The number of benzene rings is 1. The number of rotatable bonds is 6. The number of nitro groups is 1. The maximum absolute atomic E-state index is 12.4.